The Labute approximate surface area is 343 Å². The van der Waals surface area contributed by atoms with E-state index in [2.05, 4.69) is 30.0 Å². The molecule has 3 aromatic carbocycles. The highest BCUT2D eigenvalue weighted by atomic mass is 19.1. The number of hydrogen-bond acceptors (Lipinski definition) is 12. The Hall–Kier alpha value is -6.46. The van der Waals surface area contributed by atoms with Crippen molar-refractivity contribution in [2.75, 3.05) is 49.9 Å². The summed E-state index contributed by atoms with van der Waals surface area (Å²) in [6.45, 7) is 4.12. The summed E-state index contributed by atoms with van der Waals surface area (Å²) in [6.07, 6.45) is 2.41. The van der Waals surface area contributed by atoms with Crippen LogP contribution in [0, 0.1) is 0 Å². The molecule has 0 radical (unpaired) electrons. The van der Waals surface area contributed by atoms with E-state index in [1.54, 1.807) is 36.4 Å². The number of anilines is 2. The van der Waals surface area contributed by atoms with Gasteiger partial charge >= 0.3 is 5.69 Å². The van der Waals surface area contributed by atoms with E-state index in [9.17, 15) is 24.0 Å². The summed E-state index contributed by atoms with van der Waals surface area (Å²) in [6, 6.07) is 20.5. The number of nitrogens with two attached hydrogens (primary N) is 1. The van der Waals surface area contributed by atoms with Gasteiger partial charge in [-0.05, 0) is 80.3 Å². The first-order valence-corrected chi connectivity index (χ1v) is 20.4. The zero-order valence-corrected chi connectivity index (χ0v) is 32.7. The van der Waals surface area contributed by atoms with Crippen LogP contribution in [0.25, 0.3) is 16.9 Å². The van der Waals surface area contributed by atoms with Crippen LogP contribution in [-0.2, 0) is 9.59 Å². The summed E-state index contributed by atoms with van der Waals surface area (Å²) >= 11 is 0. The predicted molar refractivity (Wildman–Crippen MR) is 218 cm³/mol. The molecule has 0 bridgehead atoms. The average Bonchev–Trinajstić information content (AvgIpc) is 3.67. The highest BCUT2D eigenvalue weighted by Crippen LogP contribution is 2.36. The maximum Gasteiger partial charge on any atom is 0.335 e. The van der Waals surface area contributed by atoms with Crippen LogP contribution in [0.1, 0.15) is 58.9 Å². The zero-order chi connectivity index (χ0) is 41.2. The van der Waals surface area contributed by atoms with E-state index < -0.39 is 47.6 Å². The van der Waals surface area contributed by atoms with Crippen LogP contribution in [0.15, 0.2) is 83.9 Å². The Morgan fingerprint density at radius 1 is 0.733 bits per heavy atom. The van der Waals surface area contributed by atoms with Crippen LogP contribution >= 0.6 is 0 Å². The number of piperidine rings is 3. The van der Waals surface area contributed by atoms with Gasteiger partial charge < -0.3 is 15.4 Å². The average molecular weight is 815 g/mol. The summed E-state index contributed by atoms with van der Waals surface area (Å²) < 4.78 is 25.2. The number of nitrogens with one attached hydrogen (secondary N) is 1. The highest BCUT2D eigenvalue weighted by molar-refractivity contribution is 6.23. The lowest BCUT2D eigenvalue weighted by atomic mass is 9.94. The van der Waals surface area contributed by atoms with E-state index in [0.29, 0.717) is 47.4 Å². The first-order valence-electron chi connectivity index (χ1n) is 20.4. The molecule has 4 saturated heterocycles. The molecule has 0 aliphatic carbocycles. The second-order valence-corrected chi connectivity index (χ2v) is 16.2. The van der Waals surface area contributed by atoms with Gasteiger partial charge in [0.05, 0.1) is 22.9 Å². The molecule has 308 valence electrons. The number of imide groups is 2. The van der Waals surface area contributed by atoms with Crippen LogP contribution in [0.3, 0.4) is 0 Å². The number of fused-ring (bicyclic) bond motifs is 2. The fourth-order valence-corrected chi connectivity index (χ4v) is 9.60. The number of imidazole rings is 1. The van der Waals surface area contributed by atoms with E-state index in [-0.39, 0.29) is 42.4 Å². The number of rotatable bonds is 8. The number of halogens is 1. The van der Waals surface area contributed by atoms with Crippen LogP contribution in [-0.4, -0.2) is 121 Å². The lowest BCUT2D eigenvalue weighted by Gasteiger charge is -2.50. The number of amides is 4. The lowest BCUT2D eigenvalue weighted by molar-refractivity contribution is -0.136. The lowest BCUT2D eigenvalue weighted by Crippen LogP contribution is -2.62. The van der Waals surface area contributed by atoms with Crippen molar-refractivity contribution in [1.82, 2.24) is 39.1 Å². The molecule has 3 N–H and O–H groups in total. The Balaban J connectivity index is 0.758. The third kappa shape index (κ3) is 6.48. The van der Waals surface area contributed by atoms with Gasteiger partial charge in [-0.3, -0.25) is 48.3 Å². The second-order valence-electron chi connectivity index (χ2n) is 16.2. The minimum Gasteiger partial charge on any atom is -0.457 e. The first-order chi connectivity index (χ1) is 29.1. The van der Waals surface area contributed by atoms with Gasteiger partial charge in [0, 0.05) is 63.5 Å². The van der Waals surface area contributed by atoms with Gasteiger partial charge in [-0.25, -0.2) is 19.2 Å². The van der Waals surface area contributed by atoms with Crippen molar-refractivity contribution in [3.63, 3.8) is 0 Å². The standard InChI is InChI=1S/C43H43FN10O6/c44-33-23-50(19-16-34(33)53-39-37(38(45)46-24-47-39)52(43(53)59)26-6-9-30(10-7-26)60-29-4-2-1-3-5-29)25-14-17-49(18-15-25)28-21-51(22-28)27-8-11-31-32(20-27)42(58)54(41(31)57)35-12-13-36(55)48-40(35)56/h1-11,20,24-25,28,33-35H,12-19,21-23H2,(H2,45,46,47)(H,48,55,56)/t33-,34+,35?/m0/s1. The largest absolute Gasteiger partial charge is 0.457 e. The van der Waals surface area contributed by atoms with Crippen molar-refractivity contribution < 1.29 is 28.3 Å². The summed E-state index contributed by atoms with van der Waals surface area (Å²) in [7, 11) is 0. The molecule has 7 heterocycles. The molecule has 0 saturated carbocycles. The van der Waals surface area contributed by atoms with E-state index >= 15 is 4.39 Å². The van der Waals surface area contributed by atoms with E-state index in [1.807, 2.05) is 36.4 Å². The minimum atomic E-state index is -1.31. The summed E-state index contributed by atoms with van der Waals surface area (Å²) in [4.78, 5) is 81.2. The summed E-state index contributed by atoms with van der Waals surface area (Å²) in [5.41, 5.74) is 8.47. The first kappa shape index (κ1) is 37.8. The maximum atomic E-state index is 16.4. The highest BCUT2D eigenvalue weighted by Gasteiger charge is 2.46. The fourth-order valence-electron chi connectivity index (χ4n) is 9.60. The third-order valence-electron chi connectivity index (χ3n) is 12.8. The molecule has 5 aliphatic heterocycles. The fraction of sp³-hybridized carbons (Fsp3) is 0.372. The van der Waals surface area contributed by atoms with Gasteiger partial charge in [0.25, 0.3) is 11.8 Å². The molecule has 0 spiro atoms. The minimum absolute atomic E-state index is 0.0718. The second kappa shape index (κ2) is 15.0. The molecule has 2 aromatic heterocycles. The van der Waals surface area contributed by atoms with E-state index in [0.717, 1.165) is 49.6 Å². The van der Waals surface area contributed by atoms with Crippen molar-refractivity contribution in [2.24, 2.45) is 0 Å². The number of nitrogens with zero attached hydrogens (tertiary/aromatic N) is 8. The van der Waals surface area contributed by atoms with Gasteiger partial charge in [-0.1, -0.05) is 18.2 Å². The Bertz CT molecular complexity index is 2580. The number of para-hydroxylation sites is 1. The number of carbonyl (C=O) groups excluding carboxylic acids is 4. The van der Waals surface area contributed by atoms with Crippen molar-refractivity contribution in [1.29, 1.82) is 0 Å². The molecule has 3 atom stereocenters. The van der Waals surface area contributed by atoms with Crippen molar-refractivity contribution in [3.05, 3.63) is 101 Å². The number of nitrogen functional groups attached to an aromatic ring is 1. The molecule has 10 rings (SSSR count). The van der Waals surface area contributed by atoms with Crippen LogP contribution in [0.4, 0.5) is 15.9 Å². The van der Waals surface area contributed by atoms with E-state index in [4.69, 9.17) is 10.5 Å². The molecule has 17 heteroatoms. The van der Waals surface area contributed by atoms with Crippen LogP contribution in [0.5, 0.6) is 11.5 Å². The number of aromatic nitrogens is 4. The molecular weight excluding hydrogens is 772 g/mol. The molecule has 4 amide bonds. The summed E-state index contributed by atoms with van der Waals surface area (Å²) in [5.74, 6) is -0.655. The number of ether oxygens (including phenoxy) is 1. The van der Waals surface area contributed by atoms with Crippen molar-refractivity contribution in [2.45, 2.75) is 62.4 Å². The SMILES string of the molecule is Nc1ncnc2c1n(-c1ccc(Oc3ccccc3)cc1)c(=O)n2[C@@H]1CCN(C2CCN(C3CN(c4ccc5c(c4)C(=O)N(C4CCC(=O)NC4=O)C5=O)C3)CC2)C[C@@H]1F. The normalized spacial score (nSPS) is 23.2. The smallest absolute Gasteiger partial charge is 0.335 e. The number of carbonyl (C=O) groups is 4. The van der Waals surface area contributed by atoms with Crippen molar-refractivity contribution in [3.8, 4) is 17.2 Å². The number of alkyl halides is 1. The Morgan fingerprint density at radius 3 is 2.17 bits per heavy atom. The van der Waals surface area contributed by atoms with Gasteiger partial charge in [-0.2, -0.15) is 0 Å². The Kier molecular flexibility index (Phi) is 9.43. The van der Waals surface area contributed by atoms with Gasteiger partial charge in [0.2, 0.25) is 11.8 Å². The van der Waals surface area contributed by atoms with E-state index in [1.165, 1.54) is 15.5 Å². The van der Waals surface area contributed by atoms with Crippen LogP contribution < -0.4 is 26.4 Å². The number of hydrogen-bond donors (Lipinski definition) is 2. The molecule has 5 aliphatic rings. The molecule has 1 unspecified atom stereocenters. The Morgan fingerprint density at radius 2 is 1.43 bits per heavy atom. The third-order valence-corrected chi connectivity index (χ3v) is 12.8. The molecular formula is C43H43FN10O6. The molecule has 16 nitrogen and oxygen atoms in total. The summed E-state index contributed by atoms with van der Waals surface area (Å²) in [5, 5.41) is 2.23. The number of benzene rings is 3. The van der Waals surface area contributed by atoms with Gasteiger partial charge in [0.15, 0.2) is 11.5 Å². The quantitative estimate of drug-likeness (QED) is 0.219. The molecule has 60 heavy (non-hydrogen) atoms. The monoisotopic (exact) mass is 814 g/mol. The van der Waals surface area contributed by atoms with Gasteiger partial charge in [-0.15, -0.1) is 0 Å². The topological polar surface area (TPSA) is 181 Å². The predicted octanol–water partition coefficient (Wildman–Crippen LogP) is 3.30. The molecule has 5 aromatic rings. The zero-order valence-electron chi connectivity index (χ0n) is 32.7. The van der Waals surface area contributed by atoms with Crippen molar-refractivity contribution >= 4 is 46.3 Å². The molecule has 4 fully saturated rings. The van der Waals surface area contributed by atoms with Gasteiger partial charge in [0.1, 0.15) is 35.6 Å². The van der Waals surface area contributed by atoms with Crippen LogP contribution in [0.2, 0.25) is 0 Å². The maximum absolute atomic E-state index is 16.4. The number of likely N-dealkylation sites (tertiary alicyclic amines) is 2.